The molecule has 3 aromatic rings. The highest BCUT2D eigenvalue weighted by molar-refractivity contribution is 5.94. The van der Waals surface area contributed by atoms with E-state index in [0.29, 0.717) is 11.3 Å². The van der Waals surface area contributed by atoms with E-state index in [1.165, 1.54) is 6.92 Å². The number of benzene rings is 2. The van der Waals surface area contributed by atoms with E-state index in [1.807, 2.05) is 54.6 Å². The lowest BCUT2D eigenvalue weighted by atomic mass is 10.0. The molecule has 22 heavy (non-hydrogen) atoms. The van der Waals surface area contributed by atoms with Gasteiger partial charge in [-0.05, 0) is 17.7 Å². The van der Waals surface area contributed by atoms with Gasteiger partial charge in [0, 0.05) is 19.4 Å². The van der Waals surface area contributed by atoms with Gasteiger partial charge in [0.15, 0.2) is 5.75 Å². The van der Waals surface area contributed by atoms with Crippen LogP contribution in [0, 0.1) is 0 Å². The molecule has 0 N–H and O–H groups in total. The lowest BCUT2D eigenvalue weighted by Crippen LogP contribution is -2.21. The molecule has 0 radical (unpaired) electrons. The van der Waals surface area contributed by atoms with E-state index < -0.39 is 5.97 Å². The van der Waals surface area contributed by atoms with E-state index in [2.05, 4.69) is 0 Å². The summed E-state index contributed by atoms with van der Waals surface area (Å²) in [7, 11) is 1.72. The Balaban J connectivity index is 2.47. The first-order chi connectivity index (χ1) is 10.6. The molecule has 0 aliphatic heterocycles. The Morgan fingerprint density at radius 2 is 1.64 bits per heavy atom. The zero-order valence-corrected chi connectivity index (χ0v) is 12.4. The standard InChI is InChI=1S/C18H15NO3/c1-12(20)22-17-14-10-6-7-11-15(14)19(2)18(21)16(17)13-8-4-3-5-9-13/h3-11H,1-2H3. The van der Waals surface area contributed by atoms with Crippen LogP contribution in [-0.2, 0) is 11.8 Å². The largest absolute Gasteiger partial charge is 0.425 e. The lowest BCUT2D eigenvalue weighted by Gasteiger charge is -2.15. The number of ether oxygens (including phenoxy) is 1. The van der Waals surface area contributed by atoms with Crippen molar-refractivity contribution in [3.05, 3.63) is 65.0 Å². The molecule has 2 aromatic carbocycles. The van der Waals surface area contributed by atoms with Crippen LogP contribution in [0.2, 0.25) is 0 Å². The van der Waals surface area contributed by atoms with Gasteiger partial charge >= 0.3 is 5.97 Å². The molecular formula is C18H15NO3. The molecule has 0 fully saturated rings. The lowest BCUT2D eigenvalue weighted by molar-refractivity contribution is -0.131. The van der Waals surface area contributed by atoms with Crippen molar-refractivity contribution in [2.75, 3.05) is 0 Å². The van der Waals surface area contributed by atoms with Gasteiger partial charge in [-0.15, -0.1) is 0 Å². The van der Waals surface area contributed by atoms with E-state index in [-0.39, 0.29) is 5.56 Å². The second-order valence-electron chi connectivity index (χ2n) is 5.05. The first-order valence-electron chi connectivity index (χ1n) is 6.95. The van der Waals surface area contributed by atoms with E-state index in [4.69, 9.17) is 4.74 Å². The number of aromatic nitrogens is 1. The number of carbonyl (C=O) groups excluding carboxylic acids is 1. The minimum Gasteiger partial charge on any atom is -0.425 e. The second-order valence-corrected chi connectivity index (χ2v) is 5.05. The van der Waals surface area contributed by atoms with Crippen molar-refractivity contribution in [2.24, 2.45) is 7.05 Å². The molecule has 4 heteroatoms. The van der Waals surface area contributed by atoms with Gasteiger partial charge in [0.2, 0.25) is 0 Å². The Labute approximate surface area is 127 Å². The third-order valence-electron chi connectivity index (χ3n) is 3.56. The Morgan fingerprint density at radius 3 is 2.32 bits per heavy atom. The molecule has 0 aliphatic rings. The van der Waals surface area contributed by atoms with Crippen LogP contribution < -0.4 is 10.3 Å². The molecule has 0 saturated heterocycles. The number of para-hydroxylation sites is 1. The van der Waals surface area contributed by atoms with E-state index in [0.717, 1.165) is 16.5 Å². The molecule has 1 aromatic heterocycles. The van der Waals surface area contributed by atoms with Crippen LogP contribution in [0.1, 0.15) is 6.92 Å². The number of carbonyl (C=O) groups is 1. The zero-order chi connectivity index (χ0) is 15.7. The van der Waals surface area contributed by atoms with Crippen molar-refractivity contribution in [3.63, 3.8) is 0 Å². The van der Waals surface area contributed by atoms with Gasteiger partial charge < -0.3 is 9.30 Å². The number of rotatable bonds is 2. The fourth-order valence-corrected chi connectivity index (χ4v) is 2.58. The predicted octanol–water partition coefficient (Wildman–Crippen LogP) is 3.13. The number of hydrogen-bond acceptors (Lipinski definition) is 3. The molecular weight excluding hydrogens is 278 g/mol. The molecule has 0 unspecified atom stereocenters. The van der Waals surface area contributed by atoms with E-state index >= 15 is 0 Å². The maximum atomic E-state index is 12.8. The van der Waals surface area contributed by atoms with Gasteiger partial charge in [0.25, 0.3) is 5.56 Å². The van der Waals surface area contributed by atoms with Gasteiger partial charge in [-0.1, -0.05) is 42.5 Å². The summed E-state index contributed by atoms with van der Waals surface area (Å²) < 4.78 is 6.97. The third-order valence-corrected chi connectivity index (χ3v) is 3.56. The van der Waals surface area contributed by atoms with Gasteiger partial charge in [-0.3, -0.25) is 9.59 Å². The highest BCUT2D eigenvalue weighted by atomic mass is 16.5. The van der Waals surface area contributed by atoms with Crippen molar-refractivity contribution in [3.8, 4) is 16.9 Å². The van der Waals surface area contributed by atoms with Gasteiger partial charge in [0.05, 0.1) is 11.1 Å². The fraction of sp³-hybridized carbons (Fsp3) is 0.111. The molecule has 0 saturated carbocycles. The van der Waals surface area contributed by atoms with Crippen molar-refractivity contribution < 1.29 is 9.53 Å². The summed E-state index contributed by atoms with van der Waals surface area (Å²) in [5.41, 5.74) is 1.66. The van der Waals surface area contributed by atoms with Crippen LogP contribution in [0.15, 0.2) is 59.4 Å². The summed E-state index contributed by atoms with van der Waals surface area (Å²) in [6, 6.07) is 16.6. The highest BCUT2D eigenvalue weighted by Crippen LogP contribution is 2.33. The normalized spacial score (nSPS) is 10.6. The Hall–Kier alpha value is -2.88. The van der Waals surface area contributed by atoms with Gasteiger partial charge in [0.1, 0.15) is 0 Å². The monoisotopic (exact) mass is 293 g/mol. The number of fused-ring (bicyclic) bond motifs is 1. The van der Waals surface area contributed by atoms with Crippen LogP contribution in [0.4, 0.5) is 0 Å². The molecule has 0 amide bonds. The molecule has 110 valence electrons. The maximum Gasteiger partial charge on any atom is 0.308 e. The van der Waals surface area contributed by atoms with Crippen LogP contribution in [-0.4, -0.2) is 10.5 Å². The van der Waals surface area contributed by atoms with Crippen molar-refractivity contribution in [2.45, 2.75) is 6.92 Å². The molecule has 0 aliphatic carbocycles. The quantitative estimate of drug-likeness (QED) is 0.682. The predicted molar refractivity (Wildman–Crippen MR) is 85.9 cm³/mol. The van der Waals surface area contributed by atoms with Crippen molar-refractivity contribution in [1.29, 1.82) is 0 Å². The Bertz CT molecular complexity index is 911. The Kier molecular flexibility index (Phi) is 3.51. The number of nitrogens with zero attached hydrogens (tertiary/aromatic N) is 1. The fourth-order valence-electron chi connectivity index (χ4n) is 2.58. The topological polar surface area (TPSA) is 48.3 Å². The SMILES string of the molecule is CC(=O)Oc1c(-c2ccccc2)c(=O)n(C)c2ccccc12. The molecule has 4 nitrogen and oxygen atoms in total. The first-order valence-corrected chi connectivity index (χ1v) is 6.95. The summed E-state index contributed by atoms with van der Waals surface area (Å²) in [6.07, 6.45) is 0. The number of esters is 1. The Morgan fingerprint density at radius 1 is 1.00 bits per heavy atom. The summed E-state index contributed by atoms with van der Waals surface area (Å²) in [5.74, 6) is -0.131. The van der Waals surface area contributed by atoms with Crippen LogP contribution in [0.5, 0.6) is 5.75 Å². The van der Waals surface area contributed by atoms with Crippen LogP contribution in [0.3, 0.4) is 0 Å². The zero-order valence-electron chi connectivity index (χ0n) is 12.4. The van der Waals surface area contributed by atoms with E-state index in [1.54, 1.807) is 11.6 Å². The number of pyridine rings is 1. The number of hydrogen-bond donors (Lipinski definition) is 0. The van der Waals surface area contributed by atoms with Crippen molar-refractivity contribution >= 4 is 16.9 Å². The molecule has 1 heterocycles. The summed E-state index contributed by atoms with van der Waals surface area (Å²) in [4.78, 5) is 24.3. The van der Waals surface area contributed by atoms with E-state index in [9.17, 15) is 9.59 Å². The smallest absolute Gasteiger partial charge is 0.308 e. The second kappa shape index (κ2) is 5.48. The highest BCUT2D eigenvalue weighted by Gasteiger charge is 2.19. The van der Waals surface area contributed by atoms with Crippen molar-refractivity contribution in [1.82, 2.24) is 4.57 Å². The molecule has 0 atom stereocenters. The summed E-state index contributed by atoms with van der Waals surface area (Å²) >= 11 is 0. The van der Waals surface area contributed by atoms with Crippen LogP contribution in [0.25, 0.3) is 22.0 Å². The molecule has 0 spiro atoms. The maximum absolute atomic E-state index is 12.8. The summed E-state index contributed by atoms with van der Waals surface area (Å²) in [5, 5.41) is 0.735. The number of aryl methyl sites for hydroxylation is 1. The van der Waals surface area contributed by atoms with Gasteiger partial charge in [-0.2, -0.15) is 0 Å². The van der Waals surface area contributed by atoms with Gasteiger partial charge in [-0.25, -0.2) is 0 Å². The average Bonchev–Trinajstić information content (AvgIpc) is 2.53. The third kappa shape index (κ3) is 2.29. The molecule has 0 bridgehead atoms. The average molecular weight is 293 g/mol. The minimum atomic E-state index is -0.449. The molecule has 3 rings (SSSR count). The van der Waals surface area contributed by atoms with Crippen LogP contribution >= 0.6 is 0 Å². The minimum absolute atomic E-state index is 0.193. The summed E-state index contributed by atoms with van der Waals surface area (Å²) in [6.45, 7) is 1.33. The first kappa shape index (κ1) is 14.1.